The van der Waals surface area contributed by atoms with Crippen LogP contribution in [-0.2, 0) is 6.61 Å². The Hall–Kier alpha value is -1.68. The maximum absolute atomic E-state index is 9.28. The van der Waals surface area contributed by atoms with Crippen LogP contribution in [0.3, 0.4) is 0 Å². The number of aliphatic hydroxyl groups excluding tert-OH is 1. The van der Waals surface area contributed by atoms with E-state index in [1.165, 1.54) is 5.56 Å². The molecule has 1 aliphatic carbocycles. The standard InChI is InChI=1S/C13H15N3O/c1-9-2-4-10(5-3-9)13-15-14-12(8-17)16(13)11-6-7-11/h2-5,11,17H,6-8H2,1H3. The summed E-state index contributed by atoms with van der Waals surface area (Å²) < 4.78 is 2.07. The third-order valence-electron chi connectivity index (χ3n) is 3.13. The number of benzene rings is 1. The van der Waals surface area contributed by atoms with Crippen LogP contribution in [0.1, 0.15) is 30.3 Å². The number of nitrogens with zero attached hydrogens (tertiary/aromatic N) is 3. The number of hydrogen-bond donors (Lipinski definition) is 1. The summed E-state index contributed by atoms with van der Waals surface area (Å²) in [6, 6.07) is 8.72. The Morgan fingerprint density at radius 1 is 1.24 bits per heavy atom. The SMILES string of the molecule is Cc1ccc(-c2nnc(CO)n2C2CC2)cc1. The number of rotatable bonds is 3. The van der Waals surface area contributed by atoms with Crippen molar-refractivity contribution in [2.24, 2.45) is 0 Å². The highest BCUT2D eigenvalue weighted by atomic mass is 16.3. The van der Waals surface area contributed by atoms with E-state index in [1.54, 1.807) is 0 Å². The molecule has 1 aliphatic rings. The molecular formula is C13H15N3O. The van der Waals surface area contributed by atoms with Gasteiger partial charge in [0.1, 0.15) is 6.61 Å². The number of hydrogen-bond acceptors (Lipinski definition) is 3. The highest BCUT2D eigenvalue weighted by Crippen LogP contribution is 2.38. The van der Waals surface area contributed by atoms with Gasteiger partial charge in [-0.15, -0.1) is 10.2 Å². The van der Waals surface area contributed by atoms with Gasteiger partial charge in [-0.1, -0.05) is 29.8 Å². The van der Waals surface area contributed by atoms with Crippen molar-refractivity contribution in [2.75, 3.05) is 0 Å². The van der Waals surface area contributed by atoms with Crippen LogP contribution in [-0.4, -0.2) is 19.9 Å². The molecule has 88 valence electrons. The molecule has 4 nitrogen and oxygen atoms in total. The van der Waals surface area contributed by atoms with Crippen LogP contribution in [0, 0.1) is 6.92 Å². The van der Waals surface area contributed by atoms with Crippen molar-refractivity contribution in [2.45, 2.75) is 32.4 Å². The van der Waals surface area contributed by atoms with Gasteiger partial charge in [-0.05, 0) is 19.8 Å². The van der Waals surface area contributed by atoms with Gasteiger partial charge in [0.15, 0.2) is 11.6 Å². The van der Waals surface area contributed by atoms with Crippen LogP contribution in [0.25, 0.3) is 11.4 Å². The highest BCUT2D eigenvalue weighted by Gasteiger charge is 2.29. The Morgan fingerprint density at radius 3 is 2.53 bits per heavy atom. The van der Waals surface area contributed by atoms with E-state index in [9.17, 15) is 5.11 Å². The summed E-state index contributed by atoms with van der Waals surface area (Å²) in [4.78, 5) is 0. The molecule has 0 bridgehead atoms. The normalized spacial score (nSPS) is 15.2. The lowest BCUT2D eigenvalue weighted by atomic mass is 10.1. The number of aromatic nitrogens is 3. The van der Waals surface area contributed by atoms with Crippen molar-refractivity contribution >= 4 is 0 Å². The van der Waals surface area contributed by atoms with Gasteiger partial charge >= 0.3 is 0 Å². The second-order valence-corrected chi connectivity index (χ2v) is 4.57. The van der Waals surface area contributed by atoms with E-state index in [4.69, 9.17) is 0 Å². The fourth-order valence-electron chi connectivity index (χ4n) is 2.05. The van der Waals surface area contributed by atoms with Crippen molar-refractivity contribution in [1.82, 2.24) is 14.8 Å². The Labute approximate surface area is 99.9 Å². The fraction of sp³-hybridized carbons (Fsp3) is 0.385. The molecule has 4 heteroatoms. The van der Waals surface area contributed by atoms with E-state index in [0.29, 0.717) is 11.9 Å². The van der Waals surface area contributed by atoms with Gasteiger partial charge < -0.3 is 9.67 Å². The zero-order chi connectivity index (χ0) is 11.8. The van der Waals surface area contributed by atoms with E-state index >= 15 is 0 Å². The zero-order valence-electron chi connectivity index (χ0n) is 9.80. The molecule has 17 heavy (non-hydrogen) atoms. The van der Waals surface area contributed by atoms with Gasteiger partial charge in [0.25, 0.3) is 0 Å². The summed E-state index contributed by atoms with van der Waals surface area (Å²) in [5.41, 5.74) is 2.29. The lowest BCUT2D eigenvalue weighted by molar-refractivity contribution is 0.265. The van der Waals surface area contributed by atoms with Crippen LogP contribution in [0.4, 0.5) is 0 Å². The third-order valence-corrected chi connectivity index (χ3v) is 3.13. The van der Waals surface area contributed by atoms with Crippen LogP contribution >= 0.6 is 0 Å². The number of aliphatic hydroxyl groups is 1. The molecule has 0 atom stereocenters. The molecule has 1 heterocycles. The Morgan fingerprint density at radius 2 is 1.94 bits per heavy atom. The lowest BCUT2D eigenvalue weighted by Crippen LogP contribution is -2.03. The van der Waals surface area contributed by atoms with Crippen molar-refractivity contribution in [3.8, 4) is 11.4 Å². The molecule has 0 aliphatic heterocycles. The molecule has 0 unspecified atom stereocenters. The molecule has 1 fully saturated rings. The molecule has 2 aromatic rings. The molecule has 1 aromatic carbocycles. The topological polar surface area (TPSA) is 50.9 Å². The van der Waals surface area contributed by atoms with Gasteiger partial charge in [0.2, 0.25) is 0 Å². The van der Waals surface area contributed by atoms with Crippen LogP contribution < -0.4 is 0 Å². The second-order valence-electron chi connectivity index (χ2n) is 4.57. The van der Waals surface area contributed by atoms with Crippen LogP contribution in [0.2, 0.25) is 0 Å². The third kappa shape index (κ3) is 1.85. The lowest BCUT2D eigenvalue weighted by Gasteiger charge is -2.07. The minimum absolute atomic E-state index is 0.0463. The quantitative estimate of drug-likeness (QED) is 0.876. The van der Waals surface area contributed by atoms with Gasteiger partial charge in [-0.3, -0.25) is 0 Å². The van der Waals surface area contributed by atoms with Crippen LogP contribution in [0.5, 0.6) is 0 Å². The number of aryl methyl sites for hydroxylation is 1. The summed E-state index contributed by atoms with van der Waals surface area (Å²) in [5.74, 6) is 1.54. The minimum atomic E-state index is -0.0463. The maximum Gasteiger partial charge on any atom is 0.164 e. The Balaban J connectivity index is 2.07. The van der Waals surface area contributed by atoms with E-state index in [2.05, 4.69) is 46.0 Å². The molecule has 0 amide bonds. The zero-order valence-corrected chi connectivity index (χ0v) is 9.80. The smallest absolute Gasteiger partial charge is 0.164 e. The van der Waals surface area contributed by atoms with Gasteiger partial charge in [-0.2, -0.15) is 0 Å². The predicted molar refractivity (Wildman–Crippen MR) is 64.4 cm³/mol. The molecular weight excluding hydrogens is 214 g/mol. The van der Waals surface area contributed by atoms with E-state index in [-0.39, 0.29) is 6.61 Å². The highest BCUT2D eigenvalue weighted by molar-refractivity contribution is 5.56. The summed E-state index contributed by atoms with van der Waals surface area (Å²) >= 11 is 0. The minimum Gasteiger partial charge on any atom is -0.388 e. The van der Waals surface area contributed by atoms with Gasteiger partial charge in [0, 0.05) is 11.6 Å². The summed E-state index contributed by atoms with van der Waals surface area (Å²) in [6.07, 6.45) is 2.31. The Bertz CT molecular complexity index is 526. The molecule has 0 saturated heterocycles. The first-order chi connectivity index (χ1) is 8.29. The van der Waals surface area contributed by atoms with Crippen molar-refractivity contribution in [1.29, 1.82) is 0 Å². The van der Waals surface area contributed by atoms with Gasteiger partial charge in [0.05, 0.1) is 0 Å². The molecule has 3 rings (SSSR count). The first-order valence-corrected chi connectivity index (χ1v) is 5.91. The molecule has 1 saturated carbocycles. The average Bonchev–Trinajstić information content (AvgIpc) is 3.10. The summed E-state index contributed by atoms with van der Waals surface area (Å²) in [6.45, 7) is 2.02. The Kier molecular flexibility index (Phi) is 2.44. The van der Waals surface area contributed by atoms with E-state index in [1.807, 2.05) is 0 Å². The van der Waals surface area contributed by atoms with Crippen molar-refractivity contribution in [3.05, 3.63) is 35.7 Å². The van der Waals surface area contributed by atoms with Crippen molar-refractivity contribution < 1.29 is 5.11 Å². The first-order valence-electron chi connectivity index (χ1n) is 5.91. The summed E-state index contributed by atoms with van der Waals surface area (Å²) in [7, 11) is 0. The maximum atomic E-state index is 9.28. The average molecular weight is 229 g/mol. The summed E-state index contributed by atoms with van der Waals surface area (Å²) in [5, 5.41) is 17.5. The molecule has 1 aromatic heterocycles. The van der Waals surface area contributed by atoms with Crippen LogP contribution in [0.15, 0.2) is 24.3 Å². The van der Waals surface area contributed by atoms with Crippen molar-refractivity contribution in [3.63, 3.8) is 0 Å². The molecule has 0 spiro atoms. The van der Waals surface area contributed by atoms with E-state index in [0.717, 1.165) is 24.2 Å². The molecule has 0 radical (unpaired) electrons. The molecule has 1 N–H and O–H groups in total. The largest absolute Gasteiger partial charge is 0.388 e. The second kappa shape index (κ2) is 3.96. The van der Waals surface area contributed by atoms with Gasteiger partial charge in [-0.25, -0.2) is 0 Å². The monoisotopic (exact) mass is 229 g/mol. The fourth-order valence-corrected chi connectivity index (χ4v) is 2.05. The predicted octanol–water partition coefficient (Wildman–Crippen LogP) is 2.08. The first kappa shape index (κ1) is 10.5. The van der Waals surface area contributed by atoms with E-state index < -0.39 is 0 Å².